The molecule has 3 aromatic carbocycles. The van der Waals surface area contributed by atoms with Gasteiger partial charge in [0, 0.05) is 21.5 Å². The van der Waals surface area contributed by atoms with E-state index in [4.69, 9.17) is 16.3 Å². The number of rotatable bonds is 7. The minimum atomic E-state index is -0.809. The lowest BCUT2D eigenvalue weighted by molar-refractivity contribution is -0.122. The second kappa shape index (κ2) is 12.8. The van der Waals surface area contributed by atoms with Crippen molar-refractivity contribution in [3.8, 4) is 0 Å². The molecule has 0 unspecified atom stereocenters. The summed E-state index contributed by atoms with van der Waals surface area (Å²) in [5.74, 6) is -2.98. The molecule has 3 atom stereocenters. The molecule has 0 saturated carbocycles. The van der Waals surface area contributed by atoms with Crippen molar-refractivity contribution in [2.24, 2.45) is 5.92 Å². The van der Waals surface area contributed by atoms with Crippen LogP contribution in [0, 0.1) is 5.92 Å². The van der Waals surface area contributed by atoms with E-state index in [0.717, 1.165) is 34.2 Å². The molecule has 47 heavy (non-hydrogen) atoms. The molecule has 0 bridgehead atoms. The van der Waals surface area contributed by atoms with Crippen LogP contribution in [0.5, 0.6) is 0 Å². The molecular formula is C35H32ClN3O6S2. The van der Waals surface area contributed by atoms with Crippen LogP contribution in [0.3, 0.4) is 0 Å². The first-order valence-corrected chi connectivity index (χ1v) is 17.2. The normalized spacial score (nSPS) is 18.9. The van der Waals surface area contributed by atoms with Crippen molar-refractivity contribution in [1.82, 2.24) is 4.57 Å². The number of aromatic nitrogens is 1. The number of carbonyl (C=O) groups is 4. The number of imide groups is 1. The van der Waals surface area contributed by atoms with Gasteiger partial charge < -0.3 is 10.1 Å². The lowest BCUT2D eigenvalue weighted by Gasteiger charge is -2.31. The lowest BCUT2D eigenvalue weighted by atomic mass is 9.81. The Hall–Kier alpha value is -4.19. The van der Waals surface area contributed by atoms with Gasteiger partial charge in [0.2, 0.25) is 17.7 Å². The quantitative estimate of drug-likeness (QED) is 0.175. The number of nitrogens with zero attached hydrogens (tertiary/aromatic N) is 2. The summed E-state index contributed by atoms with van der Waals surface area (Å²) in [5.41, 5.74) is 3.05. The molecule has 1 saturated heterocycles. The third-order valence-corrected chi connectivity index (χ3v) is 11.1. The number of thioether (sulfide) groups is 1. The number of benzene rings is 3. The third kappa shape index (κ3) is 6.27. The van der Waals surface area contributed by atoms with E-state index in [1.54, 1.807) is 55.5 Å². The average Bonchev–Trinajstić information content (AvgIpc) is 3.47. The number of anilines is 2. The summed E-state index contributed by atoms with van der Waals surface area (Å²) in [6.45, 7) is 8.01. The van der Waals surface area contributed by atoms with Gasteiger partial charge in [-0.25, -0.2) is 9.69 Å². The van der Waals surface area contributed by atoms with E-state index in [9.17, 15) is 24.0 Å². The maximum absolute atomic E-state index is 14.1. The first kappa shape index (κ1) is 32.7. The number of fused-ring (bicyclic) bond motifs is 2. The fourth-order valence-corrected chi connectivity index (χ4v) is 8.80. The summed E-state index contributed by atoms with van der Waals surface area (Å²) in [6, 6.07) is 20.8. The number of hydrogen-bond acceptors (Lipinski definition) is 8. The molecule has 1 aromatic heterocycles. The Morgan fingerprint density at radius 2 is 1.57 bits per heavy atom. The Bertz CT molecular complexity index is 1930. The van der Waals surface area contributed by atoms with Crippen LogP contribution in [0.2, 0.25) is 5.02 Å². The van der Waals surface area contributed by atoms with Crippen LogP contribution in [0.4, 0.5) is 11.4 Å². The summed E-state index contributed by atoms with van der Waals surface area (Å²) < 4.78 is 6.39. The molecule has 6 rings (SSSR count). The number of esters is 1. The monoisotopic (exact) mass is 689 g/mol. The molecule has 0 spiro atoms. The van der Waals surface area contributed by atoms with Gasteiger partial charge in [0.1, 0.15) is 11.8 Å². The van der Waals surface area contributed by atoms with Gasteiger partial charge in [0.15, 0.2) is 0 Å². The van der Waals surface area contributed by atoms with Crippen LogP contribution in [0.1, 0.15) is 60.0 Å². The van der Waals surface area contributed by atoms with Crippen molar-refractivity contribution < 1.29 is 23.9 Å². The van der Waals surface area contributed by atoms with Gasteiger partial charge in [0.05, 0.1) is 28.8 Å². The van der Waals surface area contributed by atoms with Crippen LogP contribution in [-0.2, 0) is 31.1 Å². The predicted octanol–water partition coefficient (Wildman–Crippen LogP) is 6.47. The molecule has 1 fully saturated rings. The zero-order chi connectivity index (χ0) is 33.6. The maximum atomic E-state index is 14.1. The zero-order valence-corrected chi connectivity index (χ0v) is 28.5. The number of thiazole rings is 1. The average molecular weight is 690 g/mol. The van der Waals surface area contributed by atoms with Crippen LogP contribution in [-0.4, -0.2) is 40.1 Å². The van der Waals surface area contributed by atoms with Gasteiger partial charge in [-0.2, -0.15) is 0 Å². The van der Waals surface area contributed by atoms with Crippen molar-refractivity contribution in [3.05, 3.63) is 109 Å². The van der Waals surface area contributed by atoms with Crippen molar-refractivity contribution in [2.75, 3.05) is 16.8 Å². The van der Waals surface area contributed by atoms with Crippen LogP contribution in [0.15, 0.2) is 82.6 Å². The molecular weight excluding hydrogens is 658 g/mol. The van der Waals surface area contributed by atoms with Crippen molar-refractivity contribution in [3.63, 3.8) is 0 Å². The maximum Gasteiger partial charge on any atom is 0.338 e. The second-order valence-electron chi connectivity index (χ2n) is 12.4. The Balaban J connectivity index is 1.35. The molecule has 3 amide bonds. The van der Waals surface area contributed by atoms with Gasteiger partial charge in [-0.05, 0) is 72.0 Å². The van der Waals surface area contributed by atoms with E-state index < -0.39 is 29.0 Å². The Morgan fingerprint density at radius 3 is 2.19 bits per heavy atom. The van der Waals surface area contributed by atoms with Crippen molar-refractivity contribution >= 4 is 69.8 Å². The van der Waals surface area contributed by atoms with Crippen molar-refractivity contribution in [1.29, 1.82) is 0 Å². The first-order valence-electron chi connectivity index (χ1n) is 15.1. The highest BCUT2D eigenvalue weighted by atomic mass is 35.5. The summed E-state index contributed by atoms with van der Waals surface area (Å²) in [7, 11) is 0. The third-order valence-electron chi connectivity index (χ3n) is 8.25. The van der Waals surface area contributed by atoms with Gasteiger partial charge in [0.25, 0.3) is 0 Å². The van der Waals surface area contributed by atoms with Gasteiger partial charge in [-0.1, -0.05) is 79.7 Å². The highest BCUT2D eigenvalue weighted by Crippen LogP contribution is 2.54. The lowest BCUT2D eigenvalue weighted by Crippen LogP contribution is -2.33. The molecule has 1 N–H and O–H groups in total. The predicted molar refractivity (Wildman–Crippen MR) is 184 cm³/mol. The van der Waals surface area contributed by atoms with Crippen LogP contribution in [0.25, 0.3) is 0 Å². The zero-order valence-electron chi connectivity index (χ0n) is 26.1. The highest BCUT2D eigenvalue weighted by molar-refractivity contribution is 8.00. The fraction of sp³-hybridized carbons (Fsp3) is 0.286. The Labute approximate surface area is 284 Å². The number of hydrogen-bond donors (Lipinski definition) is 1. The molecule has 2 aliphatic heterocycles. The largest absolute Gasteiger partial charge is 0.462 e. The number of halogens is 1. The van der Waals surface area contributed by atoms with Crippen LogP contribution >= 0.6 is 34.7 Å². The molecule has 4 aromatic rings. The number of amides is 3. The summed E-state index contributed by atoms with van der Waals surface area (Å²) >= 11 is 8.24. The Kier molecular flexibility index (Phi) is 8.90. The smallest absolute Gasteiger partial charge is 0.338 e. The van der Waals surface area contributed by atoms with Gasteiger partial charge in [-0.15, -0.1) is 0 Å². The number of ether oxygens (including phenoxy) is 1. The highest BCUT2D eigenvalue weighted by Gasteiger charge is 2.56. The number of carbonyl (C=O) groups excluding carboxylic acids is 4. The summed E-state index contributed by atoms with van der Waals surface area (Å²) in [4.78, 5) is 68.3. The molecule has 0 aliphatic carbocycles. The van der Waals surface area contributed by atoms with E-state index in [2.05, 4.69) is 26.1 Å². The molecule has 242 valence electrons. The second-order valence-corrected chi connectivity index (χ2v) is 14.9. The summed E-state index contributed by atoms with van der Waals surface area (Å²) in [5, 5.41) is 2.95. The van der Waals surface area contributed by atoms with Gasteiger partial charge in [-0.3, -0.25) is 23.7 Å². The number of nitrogens with one attached hydrogen (secondary N) is 1. The van der Waals surface area contributed by atoms with E-state index in [1.165, 1.54) is 9.47 Å². The fourth-order valence-electron chi connectivity index (χ4n) is 5.90. The standard InChI is InChI=1S/C35H32ClN3O6S2/c1-5-45-33(43)20-8-14-23(15-9-20)37-25(40)18-38-32-29(47-34(38)44)26(19-6-10-21(11-7-19)35(2,3)4)27-28(46-32)31(42)39(30(27)41)24-16-12-22(36)13-17-24/h6-17,26-28H,5,18H2,1-4H3,(H,37,40)/t26-,27+,28-/m0/s1. The van der Waals surface area contributed by atoms with Crippen molar-refractivity contribution in [2.45, 2.75) is 55.8 Å². The minimum absolute atomic E-state index is 0.0974. The topological polar surface area (TPSA) is 115 Å². The van der Waals surface area contributed by atoms with E-state index >= 15 is 0 Å². The summed E-state index contributed by atoms with van der Waals surface area (Å²) in [6.07, 6.45) is 0. The Morgan fingerprint density at radius 1 is 0.915 bits per heavy atom. The van der Waals surface area contributed by atoms with Crippen LogP contribution < -0.4 is 15.1 Å². The molecule has 2 aliphatic rings. The molecule has 3 heterocycles. The first-order chi connectivity index (χ1) is 22.4. The minimum Gasteiger partial charge on any atom is -0.462 e. The molecule has 0 radical (unpaired) electrons. The SMILES string of the molecule is CCOC(=O)c1ccc(NC(=O)Cn2c3c(sc2=O)[C@@H](c2ccc(C(C)(C)C)cc2)[C@H]2C(=O)N(c4ccc(Cl)cc4)C(=O)[C@H]2S3)cc1. The van der Waals surface area contributed by atoms with E-state index in [-0.39, 0.29) is 35.3 Å². The van der Waals surface area contributed by atoms with E-state index in [1.807, 2.05) is 24.3 Å². The molecule has 12 heteroatoms. The van der Waals surface area contributed by atoms with E-state index in [0.29, 0.717) is 31.9 Å². The molecule has 9 nitrogen and oxygen atoms in total. The van der Waals surface area contributed by atoms with Gasteiger partial charge >= 0.3 is 10.8 Å².